The Labute approximate surface area is 148 Å². The predicted octanol–water partition coefficient (Wildman–Crippen LogP) is 4.11. The molecule has 1 unspecified atom stereocenters. The van der Waals surface area contributed by atoms with Gasteiger partial charge in [-0.25, -0.2) is 4.79 Å². The molecule has 5 nitrogen and oxygen atoms in total. The number of carbonyl (C=O) groups is 1. The summed E-state index contributed by atoms with van der Waals surface area (Å²) in [4.78, 5) is 11.8. The zero-order valence-corrected chi connectivity index (χ0v) is 14.6. The van der Waals surface area contributed by atoms with Crippen molar-refractivity contribution < 1.29 is 14.3 Å². The number of hydrogen-bond acceptors (Lipinski definition) is 5. The highest BCUT2D eigenvalue weighted by Gasteiger charge is 2.14. The van der Waals surface area contributed by atoms with Gasteiger partial charge in [-0.05, 0) is 42.8 Å². The van der Waals surface area contributed by atoms with Crippen LogP contribution in [0.1, 0.15) is 34.7 Å². The van der Waals surface area contributed by atoms with Gasteiger partial charge in [-0.3, -0.25) is 0 Å². The first kappa shape index (κ1) is 18.5. The van der Waals surface area contributed by atoms with Crippen LogP contribution in [0.25, 0.3) is 0 Å². The lowest BCUT2D eigenvalue weighted by atomic mass is 9.94. The van der Waals surface area contributed by atoms with Crippen LogP contribution in [-0.4, -0.2) is 32.9 Å². The number of ether oxygens (including phenoxy) is 2. The summed E-state index contributed by atoms with van der Waals surface area (Å²) in [5.41, 5.74) is 2.45. The minimum atomic E-state index is -0.380. The van der Waals surface area contributed by atoms with Crippen molar-refractivity contribution >= 4 is 17.9 Å². The first-order chi connectivity index (χ1) is 12.2. The maximum Gasteiger partial charge on any atom is 0.337 e. The number of methoxy groups -OCH3 is 2. The average molecular weight is 340 g/mol. The summed E-state index contributed by atoms with van der Waals surface area (Å²) >= 11 is 0. The zero-order valence-electron chi connectivity index (χ0n) is 14.6. The molecule has 0 aromatic heterocycles. The van der Waals surface area contributed by atoms with Crippen LogP contribution in [0.5, 0.6) is 5.75 Å². The maximum atomic E-state index is 11.8. The summed E-state index contributed by atoms with van der Waals surface area (Å²) in [6.07, 6.45) is 3.04. The Hall–Kier alpha value is -2.82. The highest BCUT2D eigenvalue weighted by atomic mass is 16.5. The van der Waals surface area contributed by atoms with E-state index >= 15 is 0 Å². The Balaban J connectivity index is 2.18. The van der Waals surface area contributed by atoms with Crippen molar-refractivity contribution in [1.29, 1.82) is 5.41 Å². The topological polar surface area (TPSA) is 71.4 Å². The van der Waals surface area contributed by atoms with Crippen LogP contribution in [0.3, 0.4) is 0 Å². The lowest BCUT2D eigenvalue weighted by molar-refractivity contribution is 0.0601. The van der Waals surface area contributed by atoms with E-state index < -0.39 is 0 Å². The van der Waals surface area contributed by atoms with Crippen LogP contribution in [0.4, 0.5) is 5.69 Å². The Morgan fingerprint density at radius 1 is 1.20 bits per heavy atom. The van der Waals surface area contributed by atoms with Crippen LogP contribution in [-0.2, 0) is 4.74 Å². The van der Waals surface area contributed by atoms with Crippen LogP contribution in [0.15, 0.2) is 48.5 Å². The van der Waals surface area contributed by atoms with Crippen molar-refractivity contribution in [2.75, 3.05) is 26.1 Å². The third kappa shape index (κ3) is 5.08. The largest absolute Gasteiger partial charge is 0.495 e. The molecule has 132 valence electrons. The SMILES string of the molecule is COC(=O)c1ccc(OC)c(NCC(CCC=N)c2ccccc2)c1. The Morgan fingerprint density at radius 3 is 2.60 bits per heavy atom. The minimum absolute atomic E-state index is 0.259. The van der Waals surface area contributed by atoms with E-state index in [9.17, 15) is 4.79 Å². The Kier molecular flexibility index (Phi) is 7.01. The second-order valence-electron chi connectivity index (χ2n) is 5.68. The van der Waals surface area contributed by atoms with Gasteiger partial charge in [0.25, 0.3) is 0 Å². The third-order valence-corrected chi connectivity index (χ3v) is 4.09. The standard InChI is InChI=1S/C20H24N2O3/c1-24-19-11-10-16(20(23)25-2)13-18(19)22-14-17(9-6-12-21)15-7-4-3-5-8-15/h3-5,7-8,10-13,17,21-22H,6,9,14H2,1-2H3. The Bertz CT molecular complexity index is 701. The van der Waals surface area contributed by atoms with Crippen LogP contribution in [0, 0.1) is 5.41 Å². The molecule has 2 N–H and O–H groups in total. The van der Waals surface area contributed by atoms with Gasteiger partial charge < -0.3 is 20.2 Å². The highest BCUT2D eigenvalue weighted by Crippen LogP contribution is 2.28. The molecule has 0 bridgehead atoms. The molecule has 5 heteroatoms. The first-order valence-electron chi connectivity index (χ1n) is 8.23. The molecule has 0 spiro atoms. The molecule has 0 aliphatic heterocycles. The molecule has 0 aliphatic rings. The fraction of sp³-hybridized carbons (Fsp3) is 0.300. The summed E-state index contributed by atoms with van der Waals surface area (Å²) < 4.78 is 10.2. The van der Waals surface area contributed by atoms with Gasteiger partial charge >= 0.3 is 5.97 Å². The second-order valence-corrected chi connectivity index (χ2v) is 5.68. The smallest absolute Gasteiger partial charge is 0.337 e. The molecule has 2 aromatic carbocycles. The van der Waals surface area contributed by atoms with Crippen molar-refractivity contribution in [2.24, 2.45) is 0 Å². The molecule has 1 atom stereocenters. The van der Waals surface area contributed by atoms with E-state index in [2.05, 4.69) is 17.4 Å². The molecule has 0 amide bonds. The van der Waals surface area contributed by atoms with Crippen LogP contribution >= 0.6 is 0 Å². The minimum Gasteiger partial charge on any atom is -0.495 e. The Morgan fingerprint density at radius 2 is 1.96 bits per heavy atom. The first-order valence-corrected chi connectivity index (χ1v) is 8.23. The summed E-state index contributed by atoms with van der Waals surface area (Å²) in [6.45, 7) is 0.679. The lowest BCUT2D eigenvalue weighted by Gasteiger charge is -2.19. The van der Waals surface area contributed by atoms with Crippen LogP contribution < -0.4 is 10.1 Å². The van der Waals surface area contributed by atoms with Gasteiger partial charge in [-0.2, -0.15) is 0 Å². The highest BCUT2D eigenvalue weighted by molar-refractivity contribution is 5.91. The normalized spacial score (nSPS) is 11.4. The summed E-state index contributed by atoms with van der Waals surface area (Å²) in [7, 11) is 2.96. The van der Waals surface area contributed by atoms with Gasteiger partial charge in [-0.1, -0.05) is 30.3 Å². The van der Waals surface area contributed by atoms with Gasteiger partial charge in [0.1, 0.15) is 5.75 Å². The summed E-state index contributed by atoms with van der Waals surface area (Å²) in [5.74, 6) is 0.551. The molecule has 0 fully saturated rings. The molecular weight excluding hydrogens is 316 g/mol. The molecule has 0 saturated heterocycles. The van der Waals surface area contributed by atoms with E-state index in [4.69, 9.17) is 14.9 Å². The van der Waals surface area contributed by atoms with Crippen molar-refractivity contribution in [3.05, 3.63) is 59.7 Å². The maximum absolute atomic E-state index is 11.8. The monoisotopic (exact) mass is 340 g/mol. The molecule has 0 aliphatic carbocycles. The molecule has 0 saturated carbocycles. The summed E-state index contributed by atoms with van der Waals surface area (Å²) in [6, 6.07) is 15.4. The number of benzene rings is 2. The number of anilines is 1. The van der Waals surface area contributed by atoms with E-state index in [0.717, 1.165) is 18.5 Å². The molecule has 2 aromatic rings. The third-order valence-electron chi connectivity index (χ3n) is 4.09. The van der Waals surface area contributed by atoms with Gasteiger partial charge in [-0.15, -0.1) is 0 Å². The number of nitrogens with one attached hydrogen (secondary N) is 2. The van der Waals surface area contributed by atoms with Crippen molar-refractivity contribution in [3.63, 3.8) is 0 Å². The lowest BCUT2D eigenvalue weighted by Crippen LogP contribution is -2.14. The predicted molar refractivity (Wildman–Crippen MR) is 100 cm³/mol. The van der Waals surface area contributed by atoms with E-state index in [1.54, 1.807) is 25.3 Å². The zero-order chi connectivity index (χ0) is 18.1. The molecule has 2 rings (SSSR count). The van der Waals surface area contributed by atoms with Gasteiger partial charge in [0.05, 0.1) is 25.5 Å². The fourth-order valence-electron chi connectivity index (χ4n) is 2.72. The average Bonchev–Trinajstić information content (AvgIpc) is 2.67. The molecule has 25 heavy (non-hydrogen) atoms. The van der Waals surface area contributed by atoms with Crippen molar-refractivity contribution in [2.45, 2.75) is 18.8 Å². The van der Waals surface area contributed by atoms with Crippen LogP contribution in [0.2, 0.25) is 0 Å². The van der Waals surface area contributed by atoms with E-state index in [0.29, 0.717) is 17.9 Å². The molecular formula is C20H24N2O3. The van der Waals surface area contributed by atoms with E-state index in [1.807, 2.05) is 18.2 Å². The van der Waals surface area contributed by atoms with Gasteiger partial charge in [0.15, 0.2) is 0 Å². The quantitative estimate of drug-likeness (QED) is 0.532. The molecule has 0 heterocycles. The van der Waals surface area contributed by atoms with E-state index in [1.165, 1.54) is 18.9 Å². The van der Waals surface area contributed by atoms with Crippen molar-refractivity contribution in [1.82, 2.24) is 0 Å². The number of rotatable bonds is 9. The number of hydrogen-bond donors (Lipinski definition) is 2. The second kappa shape index (κ2) is 9.47. The number of esters is 1. The number of carbonyl (C=O) groups excluding carboxylic acids is 1. The van der Waals surface area contributed by atoms with Gasteiger partial charge in [0, 0.05) is 12.5 Å². The summed E-state index contributed by atoms with van der Waals surface area (Å²) in [5, 5.41) is 10.7. The van der Waals surface area contributed by atoms with Crippen molar-refractivity contribution in [3.8, 4) is 5.75 Å². The van der Waals surface area contributed by atoms with Gasteiger partial charge in [0.2, 0.25) is 0 Å². The van der Waals surface area contributed by atoms with E-state index in [-0.39, 0.29) is 11.9 Å². The molecule has 0 radical (unpaired) electrons. The fourth-order valence-corrected chi connectivity index (χ4v) is 2.72.